The number of aryl methyl sites for hydroxylation is 1. The Hall–Kier alpha value is -4.13. The molecule has 2 aromatic heterocycles. The monoisotopic (exact) mass is 387 g/mol. The van der Waals surface area contributed by atoms with Crippen LogP contribution in [0.1, 0.15) is 20.8 Å². The molecule has 0 aliphatic heterocycles. The minimum absolute atomic E-state index is 0.108. The lowest BCUT2D eigenvalue weighted by Crippen LogP contribution is -2.17. The molecule has 3 N–H and O–H groups in total. The van der Waals surface area contributed by atoms with Crippen molar-refractivity contribution in [3.63, 3.8) is 0 Å². The number of nitrogens with one attached hydrogen (secondary N) is 2. The zero-order chi connectivity index (χ0) is 20.5. The van der Waals surface area contributed by atoms with Crippen LogP contribution < -0.4 is 10.9 Å². The number of pyridine rings is 1. The van der Waals surface area contributed by atoms with Gasteiger partial charge >= 0.3 is 0 Å². The number of nitrogens with zero attached hydrogens (tertiary/aromatic N) is 1. The number of aldehydes is 1. The fourth-order valence-electron chi connectivity index (χ4n) is 3.20. The van der Waals surface area contributed by atoms with Crippen LogP contribution in [0, 0.1) is 0 Å². The Bertz CT molecular complexity index is 1300. The number of H-pyrrole nitrogens is 1. The molecule has 0 spiro atoms. The highest BCUT2D eigenvalue weighted by molar-refractivity contribution is 6.08. The number of phenolic OH excluding ortho intramolecular Hbond substituents is 1. The molecule has 1 amide bonds. The van der Waals surface area contributed by atoms with E-state index in [1.165, 1.54) is 4.57 Å². The van der Waals surface area contributed by atoms with Crippen LogP contribution in [-0.2, 0) is 7.05 Å². The molecular weight excluding hydrogens is 370 g/mol. The summed E-state index contributed by atoms with van der Waals surface area (Å²) in [4.78, 5) is 38.9. The quantitative estimate of drug-likeness (QED) is 0.467. The van der Waals surface area contributed by atoms with Crippen molar-refractivity contribution < 1.29 is 14.7 Å². The first-order valence-electron chi connectivity index (χ1n) is 8.84. The Morgan fingerprint density at radius 3 is 2.59 bits per heavy atom. The molecule has 0 saturated carbocycles. The van der Waals surface area contributed by atoms with E-state index in [-0.39, 0.29) is 17.0 Å². The van der Waals surface area contributed by atoms with E-state index < -0.39 is 5.91 Å². The van der Waals surface area contributed by atoms with E-state index in [0.717, 1.165) is 11.8 Å². The highest BCUT2D eigenvalue weighted by atomic mass is 16.3. The number of aromatic amines is 1. The first-order valence-corrected chi connectivity index (χ1v) is 8.84. The molecule has 2 heterocycles. The van der Waals surface area contributed by atoms with Crippen LogP contribution in [-0.4, -0.2) is 26.9 Å². The van der Waals surface area contributed by atoms with Gasteiger partial charge in [0.15, 0.2) is 0 Å². The normalized spacial score (nSPS) is 10.8. The molecular formula is C22H17N3O4. The smallest absolute Gasteiger partial charge is 0.274 e. The molecule has 0 aliphatic rings. The predicted molar refractivity (Wildman–Crippen MR) is 110 cm³/mol. The van der Waals surface area contributed by atoms with Gasteiger partial charge in [-0.15, -0.1) is 0 Å². The van der Waals surface area contributed by atoms with Gasteiger partial charge < -0.3 is 20.0 Å². The molecule has 4 aromatic rings. The highest BCUT2D eigenvalue weighted by Gasteiger charge is 2.16. The van der Waals surface area contributed by atoms with Gasteiger partial charge in [-0.1, -0.05) is 12.1 Å². The maximum absolute atomic E-state index is 12.7. The molecule has 7 nitrogen and oxygen atoms in total. The van der Waals surface area contributed by atoms with Crippen molar-refractivity contribution in [1.82, 2.24) is 9.55 Å². The Morgan fingerprint density at radius 1 is 1.14 bits per heavy atom. The average Bonchev–Trinajstić information content (AvgIpc) is 3.17. The van der Waals surface area contributed by atoms with Gasteiger partial charge in [0.1, 0.15) is 23.2 Å². The third-order valence-corrected chi connectivity index (χ3v) is 4.67. The largest absolute Gasteiger partial charge is 0.508 e. The fourth-order valence-corrected chi connectivity index (χ4v) is 3.20. The number of aromatic hydroxyl groups is 1. The number of rotatable bonds is 4. The molecule has 0 atom stereocenters. The molecule has 0 saturated heterocycles. The van der Waals surface area contributed by atoms with Crippen LogP contribution in [0.25, 0.3) is 22.0 Å². The van der Waals surface area contributed by atoms with E-state index in [1.807, 2.05) is 6.07 Å². The zero-order valence-corrected chi connectivity index (χ0v) is 15.5. The summed E-state index contributed by atoms with van der Waals surface area (Å²) in [5.41, 5.74) is 2.73. The van der Waals surface area contributed by atoms with Gasteiger partial charge in [0.25, 0.3) is 11.5 Å². The molecule has 2 aromatic carbocycles. The summed E-state index contributed by atoms with van der Waals surface area (Å²) in [6.07, 6.45) is 2.40. The second-order valence-corrected chi connectivity index (χ2v) is 6.67. The maximum Gasteiger partial charge on any atom is 0.274 e. The van der Waals surface area contributed by atoms with E-state index in [0.29, 0.717) is 27.7 Å². The van der Waals surface area contributed by atoms with Crippen molar-refractivity contribution in [3.8, 4) is 16.9 Å². The van der Waals surface area contributed by atoms with Crippen LogP contribution in [0.15, 0.2) is 65.6 Å². The zero-order valence-electron chi connectivity index (χ0n) is 15.5. The number of carbonyl (C=O) groups is 2. The summed E-state index contributed by atoms with van der Waals surface area (Å²) in [5.74, 6) is -0.305. The van der Waals surface area contributed by atoms with Crippen molar-refractivity contribution in [1.29, 1.82) is 0 Å². The Labute approximate surface area is 165 Å². The van der Waals surface area contributed by atoms with Crippen LogP contribution >= 0.6 is 0 Å². The van der Waals surface area contributed by atoms with Crippen molar-refractivity contribution in [3.05, 3.63) is 82.4 Å². The summed E-state index contributed by atoms with van der Waals surface area (Å²) in [5, 5.41) is 13.1. The van der Waals surface area contributed by atoms with Gasteiger partial charge in [-0.25, -0.2) is 0 Å². The number of anilines is 1. The summed E-state index contributed by atoms with van der Waals surface area (Å²) in [6, 6.07) is 14.8. The number of fused-ring (bicyclic) bond motifs is 1. The Kier molecular flexibility index (Phi) is 4.48. The van der Waals surface area contributed by atoms with Crippen LogP contribution in [0.4, 0.5) is 5.69 Å². The Balaban J connectivity index is 1.77. The predicted octanol–water partition coefficient (Wildman–Crippen LogP) is 3.30. The van der Waals surface area contributed by atoms with E-state index in [4.69, 9.17) is 0 Å². The molecule has 0 fully saturated rings. The van der Waals surface area contributed by atoms with E-state index in [2.05, 4.69) is 10.3 Å². The number of benzene rings is 2. The molecule has 7 heteroatoms. The van der Waals surface area contributed by atoms with Crippen molar-refractivity contribution in [2.24, 2.45) is 7.05 Å². The maximum atomic E-state index is 12.7. The highest BCUT2D eigenvalue weighted by Crippen LogP contribution is 2.29. The van der Waals surface area contributed by atoms with Gasteiger partial charge in [-0.2, -0.15) is 0 Å². The summed E-state index contributed by atoms with van der Waals surface area (Å²) in [7, 11) is 1.63. The number of phenols is 1. The van der Waals surface area contributed by atoms with Gasteiger partial charge in [0.2, 0.25) is 0 Å². The average molecular weight is 387 g/mol. The lowest BCUT2D eigenvalue weighted by molar-refractivity contribution is 0.102. The van der Waals surface area contributed by atoms with Gasteiger partial charge in [0, 0.05) is 35.4 Å². The number of aromatic nitrogens is 2. The number of amides is 1. The van der Waals surface area contributed by atoms with Crippen LogP contribution in [0.3, 0.4) is 0 Å². The lowest BCUT2D eigenvalue weighted by atomic mass is 10.0. The molecule has 4 rings (SSSR count). The Morgan fingerprint density at radius 2 is 1.90 bits per heavy atom. The summed E-state index contributed by atoms with van der Waals surface area (Å²) < 4.78 is 1.43. The van der Waals surface area contributed by atoms with Crippen LogP contribution in [0.5, 0.6) is 5.75 Å². The minimum atomic E-state index is -0.413. The third kappa shape index (κ3) is 3.41. The second kappa shape index (κ2) is 7.12. The van der Waals surface area contributed by atoms with E-state index >= 15 is 0 Å². The fraction of sp³-hybridized carbons (Fsp3) is 0.0455. The molecule has 0 unspecified atom stereocenters. The standard InChI is InChI=1S/C22H17N3O4/c1-25-11-18(14-3-2-4-16(27)9-14)17-10-19(24-20(17)22(25)29)21(28)23-15-7-5-13(12-26)6-8-15/h2-12,24,27H,1H3,(H,23,28). The topological polar surface area (TPSA) is 104 Å². The molecule has 29 heavy (non-hydrogen) atoms. The summed E-state index contributed by atoms with van der Waals surface area (Å²) in [6.45, 7) is 0. The van der Waals surface area contributed by atoms with Crippen molar-refractivity contribution >= 4 is 28.8 Å². The minimum Gasteiger partial charge on any atom is -0.508 e. The first kappa shape index (κ1) is 18.2. The third-order valence-electron chi connectivity index (χ3n) is 4.67. The number of carbonyl (C=O) groups excluding carboxylic acids is 2. The van der Waals surface area contributed by atoms with Gasteiger partial charge in [-0.3, -0.25) is 14.4 Å². The van der Waals surface area contributed by atoms with Crippen molar-refractivity contribution in [2.75, 3.05) is 5.32 Å². The lowest BCUT2D eigenvalue weighted by Gasteiger charge is -2.07. The van der Waals surface area contributed by atoms with E-state index in [1.54, 1.807) is 61.8 Å². The molecule has 144 valence electrons. The van der Waals surface area contributed by atoms with Gasteiger partial charge in [0.05, 0.1) is 0 Å². The second-order valence-electron chi connectivity index (χ2n) is 6.67. The molecule has 0 aliphatic carbocycles. The molecule has 0 radical (unpaired) electrons. The van der Waals surface area contributed by atoms with Crippen LogP contribution in [0.2, 0.25) is 0 Å². The van der Waals surface area contributed by atoms with Crippen molar-refractivity contribution in [2.45, 2.75) is 0 Å². The number of hydrogen-bond donors (Lipinski definition) is 3. The SMILES string of the molecule is Cn1cc(-c2cccc(O)c2)c2cc(C(=O)Nc3ccc(C=O)cc3)[nH]c2c1=O. The first-order chi connectivity index (χ1) is 14.0. The summed E-state index contributed by atoms with van der Waals surface area (Å²) >= 11 is 0. The van der Waals surface area contributed by atoms with Gasteiger partial charge in [-0.05, 0) is 48.0 Å². The molecule has 0 bridgehead atoms. The number of hydrogen-bond acceptors (Lipinski definition) is 4. The van der Waals surface area contributed by atoms with E-state index in [9.17, 15) is 19.5 Å².